The molecule has 0 aromatic carbocycles. The zero-order valence-electron chi connectivity index (χ0n) is 13.3. The molecule has 5 nitrogen and oxygen atoms in total. The average molecular weight is 306 g/mol. The van der Waals surface area contributed by atoms with Crippen LogP contribution in [0, 0.1) is 11.8 Å². The highest BCUT2D eigenvalue weighted by Gasteiger charge is 2.45. The first-order valence-electron chi connectivity index (χ1n) is 8.30. The van der Waals surface area contributed by atoms with Crippen LogP contribution in [0.15, 0.2) is 22.8 Å². The minimum atomic E-state index is 0.118. The maximum absolute atomic E-state index is 12.2. The number of methoxy groups -OCH3 is 1. The molecular weight excluding hydrogens is 280 g/mol. The lowest BCUT2D eigenvalue weighted by atomic mass is 9.97. The second kappa shape index (κ2) is 7.29. The van der Waals surface area contributed by atoms with Crippen molar-refractivity contribution in [3.8, 4) is 0 Å². The van der Waals surface area contributed by atoms with Gasteiger partial charge in [0.25, 0.3) is 0 Å². The van der Waals surface area contributed by atoms with E-state index < -0.39 is 0 Å². The summed E-state index contributed by atoms with van der Waals surface area (Å²) in [7, 11) is 1.75. The molecule has 0 spiro atoms. The van der Waals surface area contributed by atoms with Crippen molar-refractivity contribution in [1.29, 1.82) is 0 Å². The van der Waals surface area contributed by atoms with E-state index in [0.717, 1.165) is 57.8 Å². The second-order valence-electron chi connectivity index (χ2n) is 6.49. The first-order valence-corrected chi connectivity index (χ1v) is 8.30. The summed E-state index contributed by atoms with van der Waals surface area (Å²) < 4.78 is 10.5. The number of nitrogens with one attached hydrogen (secondary N) is 1. The molecule has 1 N–H and O–H groups in total. The molecule has 1 aromatic heterocycles. The Morgan fingerprint density at radius 3 is 2.95 bits per heavy atom. The number of furan rings is 1. The molecule has 1 aromatic rings. The first kappa shape index (κ1) is 15.6. The number of carbonyl (C=O) groups excluding carboxylic acids is 1. The Morgan fingerprint density at radius 2 is 2.27 bits per heavy atom. The molecule has 22 heavy (non-hydrogen) atoms. The molecule has 0 bridgehead atoms. The van der Waals surface area contributed by atoms with Crippen molar-refractivity contribution in [3.05, 3.63) is 24.2 Å². The molecule has 122 valence electrons. The Morgan fingerprint density at radius 1 is 1.45 bits per heavy atom. The van der Waals surface area contributed by atoms with Gasteiger partial charge in [0, 0.05) is 32.0 Å². The predicted octanol–water partition coefficient (Wildman–Crippen LogP) is 1.86. The molecule has 0 radical (unpaired) electrons. The van der Waals surface area contributed by atoms with Crippen LogP contribution in [0.1, 0.15) is 30.9 Å². The Bertz CT molecular complexity index is 466. The summed E-state index contributed by atoms with van der Waals surface area (Å²) >= 11 is 0. The van der Waals surface area contributed by atoms with Gasteiger partial charge < -0.3 is 19.4 Å². The number of hydrogen-bond acceptors (Lipinski definition) is 4. The standard InChI is InChI=1S/C17H26N2O3/c1-21-10-8-19-6-4-13(5-7-19)12-18-17(20)15-11-14(15)16-3-2-9-22-16/h2-3,9,13-15H,4-8,10-12H2,1H3,(H,18,20)/t14-,15-/m0/s1. The Labute approximate surface area is 132 Å². The zero-order chi connectivity index (χ0) is 15.4. The largest absolute Gasteiger partial charge is 0.469 e. The van der Waals surface area contributed by atoms with Gasteiger partial charge in [-0.05, 0) is 50.4 Å². The minimum Gasteiger partial charge on any atom is -0.469 e. The monoisotopic (exact) mass is 306 g/mol. The molecule has 1 amide bonds. The Balaban J connectivity index is 1.33. The van der Waals surface area contributed by atoms with Crippen LogP contribution in [0.25, 0.3) is 0 Å². The topological polar surface area (TPSA) is 54.7 Å². The summed E-state index contributed by atoms with van der Waals surface area (Å²) in [6, 6.07) is 3.85. The van der Waals surface area contributed by atoms with Crippen LogP contribution >= 0.6 is 0 Å². The molecule has 0 unspecified atom stereocenters. The van der Waals surface area contributed by atoms with E-state index in [1.54, 1.807) is 13.4 Å². The fourth-order valence-corrected chi connectivity index (χ4v) is 3.31. The van der Waals surface area contributed by atoms with E-state index in [1.165, 1.54) is 0 Å². The fraction of sp³-hybridized carbons (Fsp3) is 0.706. The van der Waals surface area contributed by atoms with Crippen molar-refractivity contribution in [3.63, 3.8) is 0 Å². The maximum atomic E-state index is 12.2. The van der Waals surface area contributed by atoms with Gasteiger partial charge in [0.15, 0.2) is 0 Å². The Hall–Kier alpha value is -1.33. The van der Waals surface area contributed by atoms with E-state index in [2.05, 4.69) is 10.2 Å². The maximum Gasteiger partial charge on any atom is 0.223 e. The summed E-state index contributed by atoms with van der Waals surface area (Å²) in [4.78, 5) is 14.6. The number of amides is 1. The normalized spacial score (nSPS) is 26.0. The lowest BCUT2D eigenvalue weighted by Gasteiger charge is -2.31. The number of ether oxygens (including phenoxy) is 1. The van der Waals surface area contributed by atoms with Crippen molar-refractivity contribution >= 4 is 5.91 Å². The van der Waals surface area contributed by atoms with E-state index in [-0.39, 0.29) is 11.8 Å². The first-order chi connectivity index (χ1) is 10.8. The number of nitrogens with zero attached hydrogens (tertiary/aromatic N) is 1. The minimum absolute atomic E-state index is 0.118. The van der Waals surface area contributed by atoms with E-state index in [4.69, 9.17) is 9.15 Å². The molecule has 2 heterocycles. The molecular formula is C17H26N2O3. The van der Waals surface area contributed by atoms with E-state index in [0.29, 0.717) is 11.8 Å². The van der Waals surface area contributed by atoms with Gasteiger partial charge in [0.1, 0.15) is 5.76 Å². The van der Waals surface area contributed by atoms with Gasteiger partial charge >= 0.3 is 0 Å². The third kappa shape index (κ3) is 3.90. The van der Waals surface area contributed by atoms with Crippen LogP contribution in [-0.4, -0.2) is 50.7 Å². The van der Waals surface area contributed by atoms with Crippen LogP contribution in [0.5, 0.6) is 0 Å². The van der Waals surface area contributed by atoms with Crippen LogP contribution in [-0.2, 0) is 9.53 Å². The quantitative estimate of drug-likeness (QED) is 0.835. The lowest BCUT2D eigenvalue weighted by Crippen LogP contribution is -2.40. The van der Waals surface area contributed by atoms with Crippen LogP contribution < -0.4 is 5.32 Å². The lowest BCUT2D eigenvalue weighted by molar-refractivity contribution is -0.122. The smallest absolute Gasteiger partial charge is 0.223 e. The second-order valence-corrected chi connectivity index (χ2v) is 6.49. The third-order valence-electron chi connectivity index (χ3n) is 4.92. The molecule has 1 aliphatic carbocycles. The zero-order valence-corrected chi connectivity index (χ0v) is 13.3. The number of hydrogen-bond donors (Lipinski definition) is 1. The van der Waals surface area contributed by atoms with Crippen LogP contribution in [0.2, 0.25) is 0 Å². The molecule has 5 heteroatoms. The Kier molecular flexibility index (Phi) is 5.16. The predicted molar refractivity (Wildman–Crippen MR) is 83.6 cm³/mol. The highest BCUT2D eigenvalue weighted by atomic mass is 16.5. The van der Waals surface area contributed by atoms with Gasteiger partial charge in [0.2, 0.25) is 5.91 Å². The average Bonchev–Trinajstić information content (AvgIpc) is 3.17. The van der Waals surface area contributed by atoms with Gasteiger partial charge in [0.05, 0.1) is 12.9 Å². The van der Waals surface area contributed by atoms with Gasteiger partial charge in [-0.3, -0.25) is 4.79 Å². The summed E-state index contributed by atoms with van der Waals surface area (Å²) in [5, 5.41) is 3.14. The number of likely N-dealkylation sites (tertiary alicyclic amines) is 1. The molecule has 2 aliphatic rings. The van der Waals surface area contributed by atoms with E-state index in [9.17, 15) is 4.79 Å². The van der Waals surface area contributed by atoms with Crippen molar-refractivity contribution in [2.75, 3.05) is 39.9 Å². The van der Waals surface area contributed by atoms with E-state index in [1.807, 2.05) is 12.1 Å². The fourth-order valence-electron chi connectivity index (χ4n) is 3.31. The summed E-state index contributed by atoms with van der Waals surface area (Å²) in [5.41, 5.74) is 0. The highest BCUT2D eigenvalue weighted by Crippen LogP contribution is 2.47. The number of carbonyl (C=O) groups is 1. The van der Waals surface area contributed by atoms with Gasteiger partial charge in [-0.2, -0.15) is 0 Å². The SMILES string of the molecule is COCCN1CCC(CNC(=O)[C@H]2C[C@@H]2c2ccco2)CC1. The van der Waals surface area contributed by atoms with Crippen molar-refractivity contribution in [2.45, 2.75) is 25.2 Å². The van der Waals surface area contributed by atoms with E-state index >= 15 is 0 Å². The highest BCUT2D eigenvalue weighted by molar-refractivity contribution is 5.82. The molecule has 1 saturated heterocycles. The van der Waals surface area contributed by atoms with Crippen molar-refractivity contribution in [1.82, 2.24) is 10.2 Å². The van der Waals surface area contributed by atoms with Crippen molar-refractivity contribution in [2.24, 2.45) is 11.8 Å². The third-order valence-corrected chi connectivity index (χ3v) is 4.92. The molecule has 3 rings (SSSR count). The molecule has 2 fully saturated rings. The van der Waals surface area contributed by atoms with Gasteiger partial charge in [-0.15, -0.1) is 0 Å². The van der Waals surface area contributed by atoms with Gasteiger partial charge in [-0.25, -0.2) is 0 Å². The molecule has 2 atom stereocenters. The van der Waals surface area contributed by atoms with Gasteiger partial charge in [-0.1, -0.05) is 0 Å². The summed E-state index contributed by atoms with van der Waals surface area (Å²) in [6.07, 6.45) is 4.93. The summed E-state index contributed by atoms with van der Waals surface area (Å²) in [6.45, 7) is 4.86. The van der Waals surface area contributed by atoms with Crippen LogP contribution in [0.3, 0.4) is 0 Å². The number of piperidine rings is 1. The molecule has 1 aliphatic heterocycles. The number of rotatable bonds is 7. The summed E-state index contributed by atoms with van der Waals surface area (Å²) in [5.74, 6) is 2.18. The molecule has 1 saturated carbocycles. The van der Waals surface area contributed by atoms with Crippen molar-refractivity contribution < 1.29 is 13.9 Å². The van der Waals surface area contributed by atoms with Crippen LogP contribution in [0.4, 0.5) is 0 Å².